The van der Waals surface area contributed by atoms with Gasteiger partial charge < -0.3 is 9.32 Å². The smallest absolute Gasteiger partial charge is 0.276 e. The number of nitrogens with zero attached hydrogens (tertiary/aromatic N) is 3. The Morgan fingerprint density at radius 2 is 1.86 bits per heavy atom. The summed E-state index contributed by atoms with van der Waals surface area (Å²) in [5, 5.41) is 11.5. The van der Waals surface area contributed by atoms with E-state index >= 15 is 0 Å². The number of carbonyl (C=O) groups excluding carboxylic acids is 2. The lowest BCUT2D eigenvalue weighted by atomic mass is 9.83. The molecule has 1 fully saturated rings. The monoisotopic (exact) mass is 410 g/mol. The van der Waals surface area contributed by atoms with Crippen LogP contribution >= 0.6 is 11.8 Å². The highest BCUT2D eigenvalue weighted by atomic mass is 32.2. The molecule has 1 aromatic heterocycles. The predicted molar refractivity (Wildman–Crippen MR) is 110 cm³/mol. The lowest BCUT2D eigenvalue weighted by molar-refractivity contribution is -0.135. The minimum atomic E-state index is -0.612. The maximum atomic E-state index is 13.0. The van der Waals surface area contributed by atoms with E-state index in [9.17, 15) is 9.59 Å². The molecule has 0 bridgehead atoms. The lowest BCUT2D eigenvalue weighted by Gasteiger charge is -2.35. The Hall–Kier alpha value is -1.41. The normalized spacial score (nSPS) is 21.3. The molecule has 8 heteroatoms. The first kappa shape index (κ1) is 22.9. The van der Waals surface area contributed by atoms with Crippen molar-refractivity contribution in [1.29, 1.82) is 0 Å². The number of amides is 2. The van der Waals surface area contributed by atoms with E-state index in [1.807, 2.05) is 41.8 Å². The molecule has 2 amide bonds. The van der Waals surface area contributed by atoms with Crippen LogP contribution in [0.15, 0.2) is 9.64 Å². The van der Waals surface area contributed by atoms with E-state index < -0.39 is 5.92 Å². The maximum Gasteiger partial charge on any atom is 0.276 e. The van der Waals surface area contributed by atoms with Crippen LogP contribution in [0.3, 0.4) is 0 Å². The summed E-state index contributed by atoms with van der Waals surface area (Å²) >= 11 is 1.46. The molecule has 1 aliphatic rings. The minimum Gasteiger partial charge on any atom is -0.415 e. The second kappa shape index (κ2) is 10.4. The van der Waals surface area contributed by atoms with Gasteiger partial charge in [-0.3, -0.25) is 14.9 Å². The minimum absolute atomic E-state index is 0.165. The largest absolute Gasteiger partial charge is 0.415 e. The van der Waals surface area contributed by atoms with Gasteiger partial charge in [0.05, 0.1) is 5.92 Å². The molecular formula is C20H34N4O3S. The molecule has 7 nitrogen and oxygen atoms in total. The van der Waals surface area contributed by atoms with Crippen LogP contribution in [0, 0.1) is 11.8 Å². The summed E-state index contributed by atoms with van der Waals surface area (Å²) in [4.78, 5) is 27.9. The van der Waals surface area contributed by atoms with E-state index in [4.69, 9.17) is 4.42 Å². The molecule has 0 saturated heterocycles. The fraction of sp³-hybridized carbons (Fsp3) is 0.800. The highest BCUT2D eigenvalue weighted by molar-refractivity contribution is 7.99. The average molecular weight is 411 g/mol. The van der Waals surface area contributed by atoms with Crippen molar-refractivity contribution in [2.75, 3.05) is 14.1 Å². The van der Waals surface area contributed by atoms with Gasteiger partial charge in [-0.25, -0.2) is 0 Å². The molecule has 0 radical (unpaired) electrons. The number of thioether (sulfide) groups is 1. The van der Waals surface area contributed by atoms with Crippen LogP contribution < -0.4 is 5.32 Å². The van der Waals surface area contributed by atoms with Crippen LogP contribution in [0.2, 0.25) is 0 Å². The molecule has 1 saturated carbocycles. The summed E-state index contributed by atoms with van der Waals surface area (Å²) in [5.41, 5.74) is 0. The van der Waals surface area contributed by atoms with Gasteiger partial charge in [0.25, 0.3) is 5.22 Å². The lowest BCUT2D eigenvalue weighted by Crippen LogP contribution is -2.48. The van der Waals surface area contributed by atoms with Gasteiger partial charge in [-0.15, -0.1) is 10.2 Å². The summed E-state index contributed by atoms with van der Waals surface area (Å²) in [7, 11) is 3.98. The molecule has 2 rings (SSSR count). The Morgan fingerprint density at radius 1 is 1.18 bits per heavy atom. The number of rotatable bonds is 8. The summed E-state index contributed by atoms with van der Waals surface area (Å²) in [6, 6.07) is 0.169. The number of carbonyl (C=O) groups is 2. The van der Waals surface area contributed by atoms with E-state index in [1.54, 1.807) is 0 Å². The first-order chi connectivity index (χ1) is 13.2. The Morgan fingerprint density at radius 3 is 2.46 bits per heavy atom. The van der Waals surface area contributed by atoms with E-state index in [2.05, 4.69) is 20.4 Å². The van der Waals surface area contributed by atoms with Crippen LogP contribution in [-0.4, -0.2) is 52.3 Å². The van der Waals surface area contributed by atoms with Crippen LogP contribution in [-0.2, 0) is 9.59 Å². The number of hydrogen-bond acceptors (Lipinski definition) is 7. The van der Waals surface area contributed by atoms with Crippen molar-refractivity contribution in [2.45, 2.75) is 82.2 Å². The van der Waals surface area contributed by atoms with Crippen LogP contribution in [0.5, 0.6) is 0 Å². The summed E-state index contributed by atoms with van der Waals surface area (Å²) in [6.45, 7) is 8.14. The van der Waals surface area contributed by atoms with E-state index in [-0.39, 0.29) is 35.6 Å². The van der Waals surface area contributed by atoms with Crippen molar-refractivity contribution in [3.8, 4) is 0 Å². The van der Waals surface area contributed by atoms with Gasteiger partial charge in [-0.05, 0) is 39.3 Å². The van der Waals surface area contributed by atoms with Gasteiger partial charge >= 0.3 is 0 Å². The second-order valence-electron chi connectivity index (χ2n) is 8.53. The molecule has 28 heavy (non-hydrogen) atoms. The zero-order valence-electron chi connectivity index (χ0n) is 17.9. The van der Waals surface area contributed by atoms with Gasteiger partial charge in [-0.2, -0.15) is 0 Å². The number of imide groups is 1. The third kappa shape index (κ3) is 6.30. The van der Waals surface area contributed by atoms with Crippen molar-refractivity contribution < 1.29 is 14.0 Å². The molecule has 3 atom stereocenters. The highest BCUT2D eigenvalue weighted by Gasteiger charge is 2.35. The van der Waals surface area contributed by atoms with Gasteiger partial charge in [0.2, 0.25) is 17.7 Å². The van der Waals surface area contributed by atoms with Crippen molar-refractivity contribution in [3.63, 3.8) is 0 Å². The second-order valence-corrected chi connectivity index (χ2v) is 10.1. The molecule has 0 aromatic carbocycles. The van der Waals surface area contributed by atoms with E-state index in [0.717, 1.165) is 25.7 Å². The van der Waals surface area contributed by atoms with Crippen LogP contribution in [0.25, 0.3) is 0 Å². The molecule has 1 aliphatic carbocycles. The van der Waals surface area contributed by atoms with Gasteiger partial charge in [0, 0.05) is 11.3 Å². The quantitative estimate of drug-likeness (QED) is 0.657. The molecule has 1 aromatic rings. The van der Waals surface area contributed by atoms with Crippen molar-refractivity contribution >= 4 is 23.6 Å². The first-order valence-electron chi connectivity index (χ1n) is 10.2. The molecular weight excluding hydrogens is 376 g/mol. The molecule has 0 spiro atoms. The van der Waals surface area contributed by atoms with Gasteiger partial charge in [0.1, 0.15) is 5.92 Å². The number of nitrogens with one attached hydrogen (secondary N) is 1. The standard InChI is InChI=1S/C20H34N4O3S/c1-12(2)11-15(19-22-23-20(27-19)28-13(3)4)18(26)21-17(25)14-9-7-8-10-16(14)24(5)6/h12-16H,7-11H2,1-6H3,(H,21,25,26)/t14-,15-,16+/m1/s1. The maximum absolute atomic E-state index is 13.0. The predicted octanol–water partition coefficient (Wildman–Crippen LogP) is 3.46. The Bertz CT molecular complexity index is 660. The molecule has 0 aliphatic heterocycles. The zero-order chi connectivity index (χ0) is 20.8. The van der Waals surface area contributed by atoms with Crippen molar-refractivity contribution in [1.82, 2.24) is 20.4 Å². The Kier molecular flexibility index (Phi) is 8.49. The zero-order valence-corrected chi connectivity index (χ0v) is 18.7. The van der Waals surface area contributed by atoms with Gasteiger partial charge in [-0.1, -0.05) is 52.3 Å². The molecule has 1 N–H and O–H groups in total. The first-order valence-corrected chi connectivity index (χ1v) is 11.1. The van der Waals surface area contributed by atoms with Gasteiger partial charge in [0.15, 0.2) is 0 Å². The number of aromatic nitrogens is 2. The van der Waals surface area contributed by atoms with Crippen molar-refractivity contribution in [3.05, 3.63) is 5.89 Å². The molecule has 0 unspecified atom stereocenters. The summed E-state index contributed by atoms with van der Waals surface area (Å²) in [6.07, 6.45) is 4.48. The summed E-state index contributed by atoms with van der Waals surface area (Å²) < 4.78 is 5.73. The average Bonchev–Trinajstić information content (AvgIpc) is 3.06. The third-order valence-corrected chi connectivity index (χ3v) is 5.89. The highest BCUT2D eigenvalue weighted by Crippen LogP contribution is 2.30. The fourth-order valence-corrected chi connectivity index (χ4v) is 4.36. The van der Waals surface area contributed by atoms with Crippen molar-refractivity contribution in [2.24, 2.45) is 11.8 Å². The van der Waals surface area contributed by atoms with E-state index in [1.165, 1.54) is 11.8 Å². The topological polar surface area (TPSA) is 88.3 Å². The fourth-order valence-electron chi connectivity index (χ4n) is 3.74. The Labute approximate surface area is 172 Å². The van der Waals surface area contributed by atoms with Crippen LogP contribution in [0.1, 0.15) is 71.6 Å². The molecule has 1 heterocycles. The van der Waals surface area contributed by atoms with E-state index in [0.29, 0.717) is 16.9 Å². The summed E-state index contributed by atoms with van der Waals surface area (Å²) in [5.74, 6) is -0.764. The SMILES string of the molecule is CC(C)C[C@H](C(=O)NC(=O)[C@@H]1CCCC[C@@H]1N(C)C)c1nnc(SC(C)C)o1. The van der Waals surface area contributed by atoms with Crippen LogP contribution in [0.4, 0.5) is 0 Å². The molecule has 158 valence electrons. The third-order valence-electron chi connectivity index (χ3n) is 5.06. The number of hydrogen-bond donors (Lipinski definition) is 1. The Balaban J connectivity index is 2.11.